The lowest BCUT2D eigenvalue weighted by molar-refractivity contribution is -0.132. The third kappa shape index (κ3) is 3.41. The van der Waals surface area contributed by atoms with Gasteiger partial charge in [-0.15, -0.1) is 0 Å². The quantitative estimate of drug-likeness (QED) is 0.494. The maximum Gasteiger partial charge on any atom is 0.363 e. The third-order valence-corrected chi connectivity index (χ3v) is 3.42. The van der Waals surface area contributed by atoms with E-state index in [0.717, 1.165) is 11.1 Å². The van der Waals surface area contributed by atoms with Crippen molar-refractivity contribution in [3.63, 3.8) is 0 Å². The summed E-state index contributed by atoms with van der Waals surface area (Å²) < 4.78 is 10.3. The molecule has 0 bridgehead atoms. The number of carbonyl (C=O) groups excluding carboxylic acids is 2. The minimum atomic E-state index is -0.508. The number of rotatable bonds is 3. The van der Waals surface area contributed by atoms with E-state index in [1.165, 1.54) is 6.92 Å². The molecule has 24 heavy (non-hydrogen) atoms. The minimum Gasteiger partial charge on any atom is -0.427 e. The molecule has 2 aromatic carbocycles. The molecule has 3 rings (SSSR count). The van der Waals surface area contributed by atoms with Gasteiger partial charge in [-0.2, -0.15) is 0 Å². The van der Waals surface area contributed by atoms with Gasteiger partial charge in [0.05, 0.1) is 0 Å². The lowest BCUT2D eigenvalue weighted by Crippen LogP contribution is -2.06. The largest absolute Gasteiger partial charge is 0.427 e. The van der Waals surface area contributed by atoms with Gasteiger partial charge >= 0.3 is 11.9 Å². The fraction of sp³-hybridized carbons (Fsp3) is 0.105. The second-order valence-corrected chi connectivity index (χ2v) is 5.32. The molecular formula is C19H15NO4. The van der Waals surface area contributed by atoms with Crippen LogP contribution in [0.4, 0.5) is 0 Å². The Morgan fingerprint density at radius 1 is 1.17 bits per heavy atom. The van der Waals surface area contributed by atoms with Crippen LogP contribution in [0.2, 0.25) is 0 Å². The standard InChI is InChI=1S/C19H15NO4/c1-12-6-3-4-9-16(12)18-20-17(19(22)24-18)11-14-7-5-8-15(10-14)23-13(2)21/h3-11H,1-2H3. The zero-order chi connectivity index (χ0) is 17.1. The van der Waals surface area contributed by atoms with E-state index in [0.29, 0.717) is 17.2 Å². The van der Waals surface area contributed by atoms with Gasteiger partial charge in [0.15, 0.2) is 5.70 Å². The summed E-state index contributed by atoms with van der Waals surface area (Å²) in [5.74, 6) is -0.210. The molecule has 0 aliphatic carbocycles. The van der Waals surface area contributed by atoms with Gasteiger partial charge in [0.2, 0.25) is 5.90 Å². The van der Waals surface area contributed by atoms with Crippen molar-refractivity contribution in [1.29, 1.82) is 0 Å². The van der Waals surface area contributed by atoms with E-state index < -0.39 is 11.9 Å². The van der Waals surface area contributed by atoms with Crippen LogP contribution in [0.5, 0.6) is 5.75 Å². The number of benzene rings is 2. The Morgan fingerprint density at radius 3 is 2.71 bits per heavy atom. The lowest BCUT2D eigenvalue weighted by Gasteiger charge is -2.02. The number of hydrogen-bond acceptors (Lipinski definition) is 5. The smallest absolute Gasteiger partial charge is 0.363 e. The topological polar surface area (TPSA) is 65.0 Å². The number of ether oxygens (including phenoxy) is 2. The first-order valence-corrected chi connectivity index (χ1v) is 7.40. The van der Waals surface area contributed by atoms with Crippen molar-refractivity contribution >= 4 is 23.9 Å². The molecule has 1 heterocycles. The van der Waals surface area contributed by atoms with Crippen LogP contribution in [0, 0.1) is 6.92 Å². The summed E-state index contributed by atoms with van der Waals surface area (Å²) in [6.07, 6.45) is 1.60. The average Bonchev–Trinajstić information content (AvgIpc) is 2.88. The summed E-state index contributed by atoms with van der Waals surface area (Å²) in [4.78, 5) is 27.3. The van der Waals surface area contributed by atoms with Crippen molar-refractivity contribution in [3.05, 3.63) is 70.9 Å². The van der Waals surface area contributed by atoms with Gasteiger partial charge in [0.1, 0.15) is 5.75 Å². The molecule has 120 valence electrons. The Hall–Kier alpha value is -3.21. The van der Waals surface area contributed by atoms with E-state index in [-0.39, 0.29) is 5.70 Å². The summed E-state index contributed by atoms with van der Waals surface area (Å²) in [6.45, 7) is 3.26. The second-order valence-electron chi connectivity index (χ2n) is 5.32. The Labute approximate surface area is 139 Å². The number of nitrogens with zero attached hydrogens (tertiary/aromatic N) is 1. The molecule has 2 aromatic rings. The number of carbonyl (C=O) groups is 2. The van der Waals surface area contributed by atoms with E-state index in [4.69, 9.17) is 9.47 Å². The number of aryl methyl sites for hydroxylation is 1. The summed E-state index contributed by atoms with van der Waals surface area (Å²) in [5.41, 5.74) is 2.65. The molecule has 5 nitrogen and oxygen atoms in total. The average molecular weight is 321 g/mol. The molecule has 0 saturated carbocycles. The van der Waals surface area contributed by atoms with Gasteiger partial charge in [-0.25, -0.2) is 9.79 Å². The first-order valence-electron chi connectivity index (χ1n) is 7.40. The van der Waals surface area contributed by atoms with Crippen LogP contribution in [0.15, 0.2) is 59.2 Å². The fourth-order valence-corrected chi connectivity index (χ4v) is 2.33. The lowest BCUT2D eigenvalue weighted by atomic mass is 10.1. The molecule has 0 N–H and O–H groups in total. The Morgan fingerprint density at radius 2 is 1.96 bits per heavy atom. The zero-order valence-electron chi connectivity index (χ0n) is 13.3. The highest BCUT2D eigenvalue weighted by atomic mass is 16.6. The second kappa shape index (κ2) is 6.50. The van der Waals surface area contributed by atoms with Crippen molar-refractivity contribution in [3.8, 4) is 5.75 Å². The maximum atomic E-state index is 12.0. The Bertz CT molecular complexity index is 880. The Balaban J connectivity index is 1.92. The van der Waals surface area contributed by atoms with Gasteiger partial charge in [-0.3, -0.25) is 4.79 Å². The van der Waals surface area contributed by atoms with Crippen LogP contribution in [-0.4, -0.2) is 17.8 Å². The molecule has 0 fully saturated rings. The summed E-state index contributed by atoms with van der Waals surface area (Å²) >= 11 is 0. The van der Waals surface area contributed by atoms with E-state index in [9.17, 15) is 9.59 Å². The van der Waals surface area contributed by atoms with Crippen molar-refractivity contribution in [2.75, 3.05) is 0 Å². The predicted octanol–water partition coefficient (Wildman–Crippen LogP) is 3.26. The molecule has 0 amide bonds. The Kier molecular flexibility index (Phi) is 4.24. The third-order valence-electron chi connectivity index (χ3n) is 3.42. The van der Waals surface area contributed by atoms with Crippen LogP contribution >= 0.6 is 0 Å². The number of hydrogen-bond donors (Lipinski definition) is 0. The monoisotopic (exact) mass is 321 g/mol. The molecule has 0 unspecified atom stereocenters. The first kappa shape index (κ1) is 15.7. The van der Waals surface area contributed by atoms with Gasteiger partial charge in [0, 0.05) is 12.5 Å². The van der Waals surface area contributed by atoms with E-state index in [2.05, 4.69) is 4.99 Å². The predicted molar refractivity (Wildman–Crippen MR) is 89.5 cm³/mol. The minimum absolute atomic E-state index is 0.202. The highest BCUT2D eigenvalue weighted by molar-refractivity contribution is 6.13. The highest BCUT2D eigenvalue weighted by Crippen LogP contribution is 2.22. The summed E-state index contributed by atoms with van der Waals surface area (Å²) in [5, 5.41) is 0. The molecule has 0 spiro atoms. The highest BCUT2D eigenvalue weighted by Gasteiger charge is 2.24. The maximum absolute atomic E-state index is 12.0. The van der Waals surface area contributed by atoms with E-state index >= 15 is 0 Å². The molecule has 1 aliphatic heterocycles. The first-order chi connectivity index (χ1) is 11.5. The van der Waals surface area contributed by atoms with E-state index in [1.807, 2.05) is 31.2 Å². The number of cyclic esters (lactones) is 1. The van der Waals surface area contributed by atoms with Gasteiger partial charge in [-0.1, -0.05) is 30.3 Å². The normalized spacial score (nSPS) is 15.2. The molecule has 0 saturated heterocycles. The van der Waals surface area contributed by atoms with Crippen molar-refractivity contribution in [2.45, 2.75) is 13.8 Å². The molecule has 5 heteroatoms. The molecule has 0 aromatic heterocycles. The number of aliphatic imine (C=N–C) groups is 1. The molecular weight excluding hydrogens is 306 g/mol. The molecule has 1 aliphatic rings. The SMILES string of the molecule is CC(=O)Oc1cccc(C=C2N=C(c3ccccc3C)OC2=O)c1. The van der Waals surface area contributed by atoms with Crippen LogP contribution in [0.1, 0.15) is 23.6 Å². The number of esters is 2. The van der Waals surface area contributed by atoms with Crippen molar-refractivity contribution < 1.29 is 19.1 Å². The van der Waals surface area contributed by atoms with Crippen LogP contribution in [0.25, 0.3) is 6.08 Å². The zero-order valence-corrected chi connectivity index (χ0v) is 13.3. The summed E-state index contributed by atoms with van der Waals surface area (Å²) in [7, 11) is 0. The summed E-state index contributed by atoms with van der Waals surface area (Å²) in [6, 6.07) is 14.4. The van der Waals surface area contributed by atoms with Gasteiger partial charge in [0.25, 0.3) is 0 Å². The molecule has 0 radical (unpaired) electrons. The molecule has 0 atom stereocenters. The van der Waals surface area contributed by atoms with Gasteiger partial charge in [-0.05, 0) is 42.3 Å². The van der Waals surface area contributed by atoms with Crippen LogP contribution in [-0.2, 0) is 14.3 Å². The van der Waals surface area contributed by atoms with Crippen molar-refractivity contribution in [2.24, 2.45) is 4.99 Å². The fourth-order valence-electron chi connectivity index (χ4n) is 2.33. The van der Waals surface area contributed by atoms with Crippen molar-refractivity contribution in [1.82, 2.24) is 0 Å². The van der Waals surface area contributed by atoms with Gasteiger partial charge < -0.3 is 9.47 Å². The van der Waals surface area contributed by atoms with E-state index in [1.54, 1.807) is 30.3 Å². The van der Waals surface area contributed by atoms with Crippen LogP contribution in [0.3, 0.4) is 0 Å². The van der Waals surface area contributed by atoms with Crippen LogP contribution < -0.4 is 4.74 Å².